The van der Waals surface area contributed by atoms with Crippen molar-refractivity contribution < 1.29 is 4.39 Å². The van der Waals surface area contributed by atoms with Gasteiger partial charge >= 0.3 is 0 Å². The monoisotopic (exact) mass is 297 g/mol. The van der Waals surface area contributed by atoms with Crippen molar-refractivity contribution >= 4 is 11.6 Å². The second kappa shape index (κ2) is 6.91. The Morgan fingerprint density at radius 1 is 1.30 bits per heavy atom. The minimum atomic E-state index is -0.315. The Hall–Kier alpha value is -0.600. The summed E-state index contributed by atoms with van der Waals surface area (Å²) in [4.78, 5) is 0. The Balaban J connectivity index is 2.09. The van der Waals surface area contributed by atoms with Crippen LogP contribution in [-0.4, -0.2) is 6.54 Å². The highest BCUT2D eigenvalue weighted by molar-refractivity contribution is 6.30. The van der Waals surface area contributed by atoms with Crippen LogP contribution >= 0.6 is 11.6 Å². The predicted molar refractivity (Wildman–Crippen MR) is 83.3 cm³/mol. The summed E-state index contributed by atoms with van der Waals surface area (Å²) in [6, 6.07) is 5.18. The van der Waals surface area contributed by atoms with Gasteiger partial charge in [0.25, 0.3) is 0 Å². The topological polar surface area (TPSA) is 26.0 Å². The Bertz CT molecular complexity index is 447. The Kier molecular flexibility index (Phi) is 5.45. The number of hydrogen-bond acceptors (Lipinski definition) is 1. The summed E-state index contributed by atoms with van der Waals surface area (Å²) in [5, 5.41) is 0.202. The van der Waals surface area contributed by atoms with E-state index < -0.39 is 0 Å². The zero-order chi connectivity index (χ0) is 14.7. The molecule has 1 fully saturated rings. The maximum atomic E-state index is 13.6. The molecule has 1 aliphatic carbocycles. The molecule has 0 saturated heterocycles. The lowest BCUT2D eigenvalue weighted by atomic mass is 9.69. The summed E-state index contributed by atoms with van der Waals surface area (Å²) in [5.41, 5.74) is 6.97. The van der Waals surface area contributed by atoms with E-state index >= 15 is 0 Å². The molecule has 20 heavy (non-hydrogen) atoms. The van der Waals surface area contributed by atoms with Crippen molar-refractivity contribution in [1.29, 1.82) is 0 Å². The fourth-order valence-corrected chi connectivity index (χ4v) is 3.62. The lowest BCUT2D eigenvalue weighted by Gasteiger charge is -2.37. The van der Waals surface area contributed by atoms with Crippen LogP contribution in [0.5, 0.6) is 0 Å². The van der Waals surface area contributed by atoms with Crippen LogP contribution in [0.25, 0.3) is 0 Å². The highest BCUT2D eigenvalue weighted by Crippen LogP contribution is 2.38. The van der Waals surface area contributed by atoms with Crippen LogP contribution in [0.2, 0.25) is 5.02 Å². The van der Waals surface area contributed by atoms with Gasteiger partial charge in [-0.3, -0.25) is 0 Å². The van der Waals surface area contributed by atoms with Crippen LogP contribution < -0.4 is 5.73 Å². The van der Waals surface area contributed by atoms with Crippen LogP contribution in [0, 0.1) is 29.5 Å². The van der Waals surface area contributed by atoms with E-state index in [0.29, 0.717) is 11.8 Å². The van der Waals surface area contributed by atoms with E-state index in [0.717, 1.165) is 30.4 Å². The number of rotatable bonds is 4. The smallest absolute Gasteiger partial charge is 0.142 e. The molecule has 112 valence electrons. The van der Waals surface area contributed by atoms with Gasteiger partial charge in [-0.15, -0.1) is 0 Å². The van der Waals surface area contributed by atoms with E-state index in [9.17, 15) is 4.39 Å². The summed E-state index contributed by atoms with van der Waals surface area (Å²) in [7, 11) is 0. The molecule has 2 rings (SSSR count). The molecule has 3 unspecified atom stereocenters. The summed E-state index contributed by atoms with van der Waals surface area (Å²) in [5.74, 6) is 2.33. The molecule has 1 aromatic rings. The van der Waals surface area contributed by atoms with Crippen molar-refractivity contribution in [1.82, 2.24) is 0 Å². The quantitative estimate of drug-likeness (QED) is 0.859. The molecule has 3 atom stereocenters. The zero-order valence-corrected chi connectivity index (χ0v) is 13.2. The minimum absolute atomic E-state index is 0.202. The second-order valence-electron chi connectivity index (χ2n) is 6.53. The lowest BCUT2D eigenvalue weighted by molar-refractivity contribution is 0.151. The van der Waals surface area contributed by atoms with Crippen LogP contribution in [-0.2, 0) is 6.42 Å². The molecule has 1 aliphatic rings. The molecule has 3 heteroatoms. The standard InChI is InChI=1S/C17H25ClFN/c1-11(2)13-4-5-14(10-20)15(9-13)7-12-3-6-16(18)17(19)8-12/h3,6,8,11,13-15H,4-5,7,9-10,20H2,1-2H3. The highest BCUT2D eigenvalue weighted by atomic mass is 35.5. The van der Waals surface area contributed by atoms with Gasteiger partial charge in [0.2, 0.25) is 0 Å². The number of halogens is 2. The maximum Gasteiger partial charge on any atom is 0.142 e. The number of hydrogen-bond donors (Lipinski definition) is 1. The van der Waals surface area contributed by atoms with Gasteiger partial charge < -0.3 is 5.73 Å². The molecular weight excluding hydrogens is 273 g/mol. The molecule has 1 aromatic carbocycles. The van der Waals surface area contributed by atoms with Gasteiger partial charge in [-0.05, 0) is 73.6 Å². The van der Waals surface area contributed by atoms with E-state index in [-0.39, 0.29) is 10.8 Å². The van der Waals surface area contributed by atoms with E-state index in [4.69, 9.17) is 17.3 Å². The van der Waals surface area contributed by atoms with Crippen molar-refractivity contribution in [3.63, 3.8) is 0 Å². The van der Waals surface area contributed by atoms with Crippen molar-refractivity contribution in [3.8, 4) is 0 Å². The normalized spacial score (nSPS) is 27.0. The molecule has 0 heterocycles. The Labute approximate surface area is 126 Å². The summed E-state index contributed by atoms with van der Waals surface area (Å²) >= 11 is 5.75. The number of benzene rings is 1. The Morgan fingerprint density at radius 2 is 2.05 bits per heavy atom. The van der Waals surface area contributed by atoms with Gasteiger partial charge in [0.1, 0.15) is 5.82 Å². The average molecular weight is 298 g/mol. The third kappa shape index (κ3) is 3.73. The molecule has 0 amide bonds. The van der Waals surface area contributed by atoms with Crippen LogP contribution in [0.4, 0.5) is 4.39 Å². The third-order valence-corrected chi connectivity index (χ3v) is 5.21. The van der Waals surface area contributed by atoms with Crippen molar-refractivity contribution in [3.05, 3.63) is 34.6 Å². The molecule has 0 spiro atoms. The molecule has 0 bridgehead atoms. The van der Waals surface area contributed by atoms with Crippen LogP contribution in [0.1, 0.15) is 38.7 Å². The van der Waals surface area contributed by atoms with Crippen LogP contribution in [0.15, 0.2) is 18.2 Å². The first-order valence-corrected chi connectivity index (χ1v) is 8.03. The van der Waals surface area contributed by atoms with Gasteiger partial charge in [0.05, 0.1) is 5.02 Å². The zero-order valence-electron chi connectivity index (χ0n) is 12.4. The number of nitrogens with two attached hydrogens (primary N) is 1. The van der Waals surface area contributed by atoms with Gasteiger partial charge in [-0.25, -0.2) is 4.39 Å². The molecule has 1 saturated carbocycles. The predicted octanol–water partition coefficient (Wildman–Crippen LogP) is 4.67. The van der Waals surface area contributed by atoms with E-state index in [1.165, 1.54) is 19.3 Å². The summed E-state index contributed by atoms with van der Waals surface area (Å²) in [6.45, 7) is 5.34. The molecular formula is C17H25ClFN. The Morgan fingerprint density at radius 3 is 2.65 bits per heavy atom. The van der Waals surface area contributed by atoms with Crippen LogP contribution in [0.3, 0.4) is 0 Å². The van der Waals surface area contributed by atoms with Gasteiger partial charge in [0, 0.05) is 0 Å². The lowest BCUT2D eigenvalue weighted by Crippen LogP contribution is -2.33. The molecule has 0 radical (unpaired) electrons. The van der Waals surface area contributed by atoms with Gasteiger partial charge in [-0.2, -0.15) is 0 Å². The highest BCUT2D eigenvalue weighted by Gasteiger charge is 2.31. The first-order chi connectivity index (χ1) is 9.51. The minimum Gasteiger partial charge on any atom is -0.330 e. The van der Waals surface area contributed by atoms with E-state index in [2.05, 4.69) is 13.8 Å². The summed E-state index contributed by atoms with van der Waals surface area (Å²) in [6.07, 6.45) is 4.62. The van der Waals surface area contributed by atoms with Crippen molar-refractivity contribution in [2.24, 2.45) is 29.4 Å². The van der Waals surface area contributed by atoms with E-state index in [1.54, 1.807) is 12.1 Å². The maximum absolute atomic E-state index is 13.6. The average Bonchev–Trinajstić information content (AvgIpc) is 2.42. The second-order valence-corrected chi connectivity index (χ2v) is 6.93. The molecule has 2 N–H and O–H groups in total. The fourth-order valence-electron chi connectivity index (χ4n) is 3.50. The summed E-state index contributed by atoms with van der Waals surface area (Å²) < 4.78 is 13.6. The third-order valence-electron chi connectivity index (χ3n) is 4.91. The van der Waals surface area contributed by atoms with Crippen molar-refractivity contribution in [2.75, 3.05) is 6.54 Å². The molecule has 1 nitrogen and oxygen atoms in total. The largest absolute Gasteiger partial charge is 0.330 e. The molecule has 0 aliphatic heterocycles. The molecule has 0 aromatic heterocycles. The fraction of sp³-hybridized carbons (Fsp3) is 0.647. The van der Waals surface area contributed by atoms with Gasteiger partial charge in [-0.1, -0.05) is 31.5 Å². The van der Waals surface area contributed by atoms with Crippen molar-refractivity contribution in [2.45, 2.75) is 39.5 Å². The first kappa shape index (κ1) is 15.8. The van der Waals surface area contributed by atoms with E-state index in [1.807, 2.05) is 6.07 Å². The van der Waals surface area contributed by atoms with Gasteiger partial charge in [0.15, 0.2) is 0 Å². The first-order valence-electron chi connectivity index (χ1n) is 7.65. The SMILES string of the molecule is CC(C)C1CCC(CN)C(Cc2ccc(Cl)c(F)c2)C1.